The van der Waals surface area contributed by atoms with Gasteiger partial charge in [0.05, 0.1) is 6.33 Å². The van der Waals surface area contributed by atoms with E-state index in [1.807, 2.05) is 6.92 Å². The topological polar surface area (TPSA) is 95.1 Å². The lowest BCUT2D eigenvalue weighted by molar-refractivity contribution is -0.142. The van der Waals surface area contributed by atoms with E-state index in [2.05, 4.69) is 15.3 Å². The monoisotopic (exact) mass is 237 g/mol. The van der Waals surface area contributed by atoms with Crippen molar-refractivity contribution >= 4 is 11.9 Å². The second-order valence-electron chi connectivity index (χ2n) is 4.50. The first kappa shape index (κ1) is 11.6. The number of aromatic amines is 1. The minimum Gasteiger partial charge on any atom is -0.480 e. The predicted octanol–water partition coefficient (Wildman–Crippen LogP) is 0.178. The average molecular weight is 237 g/mol. The summed E-state index contributed by atoms with van der Waals surface area (Å²) in [6.45, 7) is 1.98. The van der Waals surface area contributed by atoms with Crippen LogP contribution in [0.3, 0.4) is 0 Å². The summed E-state index contributed by atoms with van der Waals surface area (Å²) in [5, 5.41) is 11.6. The molecule has 0 bridgehead atoms. The minimum atomic E-state index is -1.03. The number of hydrogen-bond donors (Lipinski definition) is 3. The first-order valence-electron chi connectivity index (χ1n) is 5.58. The first-order chi connectivity index (χ1) is 8.08. The molecular weight excluding hydrogens is 222 g/mol. The highest BCUT2D eigenvalue weighted by atomic mass is 16.4. The minimum absolute atomic E-state index is 0.0152. The van der Waals surface area contributed by atoms with Crippen LogP contribution in [-0.4, -0.2) is 33.0 Å². The van der Waals surface area contributed by atoms with Crippen molar-refractivity contribution in [3.05, 3.63) is 18.2 Å². The van der Waals surface area contributed by atoms with Crippen LogP contribution >= 0.6 is 0 Å². The molecule has 1 aliphatic rings. The van der Waals surface area contributed by atoms with Crippen molar-refractivity contribution in [2.75, 3.05) is 0 Å². The van der Waals surface area contributed by atoms with Crippen molar-refractivity contribution in [3.63, 3.8) is 0 Å². The third kappa shape index (κ3) is 2.83. The van der Waals surface area contributed by atoms with E-state index in [0.717, 1.165) is 6.42 Å². The zero-order valence-corrected chi connectivity index (χ0v) is 9.51. The lowest BCUT2D eigenvalue weighted by Crippen LogP contribution is -2.43. The van der Waals surface area contributed by atoms with Gasteiger partial charge in [0.2, 0.25) is 5.91 Å². The number of carboxylic acids is 1. The van der Waals surface area contributed by atoms with Crippen molar-refractivity contribution in [3.8, 4) is 0 Å². The maximum absolute atomic E-state index is 11.7. The van der Waals surface area contributed by atoms with Crippen molar-refractivity contribution in [1.29, 1.82) is 0 Å². The van der Waals surface area contributed by atoms with Gasteiger partial charge in [-0.15, -0.1) is 0 Å². The number of H-pyrrole nitrogens is 1. The first-order valence-corrected chi connectivity index (χ1v) is 5.58. The van der Waals surface area contributed by atoms with Gasteiger partial charge in [0, 0.05) is 24.2 Å². The number of carbonyl (C=O) groups is 2. The Hall–Kier alpha value is -1.85. The zero-order valence-electron chi connectivity index (χ0n) is 9.51. The summed E-state index contributed by atoms with van der Waals surface area (Å²) in [6.07, 6.45) is 4.12. The largest absolute Gasteiger partial charge is 0.480 e. The summed E-state index contributed by atoms with van der Waals surface area (Å²) in [7, 11) is 0. The molecule has 1 aromatic rings. The molecule has 1 saturated carbocycles. The van der Waals surface area contributed by atoms with Crippen molar-refractivity contribution in [2.24, 2.45) is 11.8 Å². The Labute approximate surface area is 98.4 Å². The Morgan fingerprint density at radius 2 is 2.41 bits per heavy atom. The molecule has 6 nitrogen and oxygen atoms in total. The SMILES string of the molecule is CC1CC1C(=O)N[C@H](Cc1cnc[nH]1)C(=O)O. The molecule has 1 fully saturated rings. The fourth-order valence-electron chi connectivity index (χ4n) is 1.78. The number of rotatable bonds is 5. The number of aliphatic carboxylic acids is 1. The molecule has 1 heterocycles. The molecule has 0 aromatic carbocycles. The summed E-state index contributed by atoms with van der Waals surface area (Å²) in [6, 6.07) is -0.893. The van der Waals surface area contributed by atoms with Crippen molar-refractivity contribution in [1.82, 2.24) is 15.3 Å². The molecule has 92 valence electrons. The van der Waals surface area contributed by atoms with E-state index in [4.69, 9.17) is 5.11 Å². The zero-order chi connectivity index (χ0) is 12.4. The molecule has 1 aliphatic carbocycles. The molecule has 6 heteroatoms. The van der Waals surface area contributed by atoms with Gasteiger partial charge < -0.3 is 15.4 Å². The van der Waals surface area contributed by atoms with Crippen LogP contribution in [0.2, 0.25) is 0 Å². The number of nitrogens with zero attached hydrogens (tertiary/aromatic N) is 1. The van der Waals surface area contributed by atoms with Crippen LogP contribution in [0.25, 0.3) is 0 Å². The van der Waals surface area contributed by atoms with Gasteiger partial charge in [-0.25, -0.2) is 9.78 Å². The highest BCUT2D eigenvalue weighted by molar-refractivity contribution is 5.86. The van der Waals surface area contributed by atoms with E-state index in [-0.39, 0.29) is 18.2 Å². The van der Waals surface area contributed by atoms with Crippen LogP contribution in [0.15, 0.2) is 12.5 Å². The summed E-state index contributed by atoms with van der Waals surface area (Å²) in [5.74, 6) is -0.833. The quantitative estimate of drug-likeness (QED) is 0.680. The second kappa shape index (κ2) is 4.57. The lowest BCUT2D eigenvalue weighted by Gasteiger charge is -2.13. The Morgan fingerprint density at radius 3 is 2.88 bits per heavy atom. The van der Waals surface area contributed by atoms with E-state index in [1.54, 1.807) is 6.20 Å². The molecule has 3 N–H and O–H groups in total. The number of carbonyl (C=O) groups excluding carboxylic acids is 1. The highest BCUT2D eigenvalue weighted by Crippen LogP contribution is 2.37. The number of aromatic nitrogens is 2. The molecular formula is C11H15N3O3. The van der Waals surface area contributed by atoms with Gasteiger partial charge in [0.15, 0.2) is 0 Å². The van der Waals surface area contributed by atoms with Gasteiger partial charge in [-0.3, -0.25) is 4.79 Å². The van der Waals surface area contributed by atoms with E-state index in [0.29, 0.717) is 11.6 Å². The Bertz CT molecular complexity index is 416. The van der Waals surface area contributed by atoms with Gasteiger partial charge in [-0.2, -0.15) is 0 Å². The molecule has 0 spiro atoms. The number of hydrogen-bond acceptors (Lipinski definition) is 3. The fourth-order valence-corrected chi connectivity index (χ4v) is 1.78. The summed E-state index contributed by atoms with van der Waals surface area (Å²) >= 11 is 0. The summed E-state index contributed by atoms with van der Waals surface area (Å²) in [4.78, 5) is 29.3. The third-order valence-corrected chi connectivity index (χ3v) is 3.04. The molecule has 1 amide bonds. The maximum atomic E-state index is 11.7. The van der Waals surface area contributed by atoms with E-state index in [9.17, 15) is 9.59 Å². The van der Waals surface area contributed by atoms with E-state index >= 15 is 0 Å². The number of imidazole rings is 1. The standard InChI is InChI=1S/C11H15N3O3/c1-6-2-8(6)10(15)14-9(11(16)17)3-7-4-12-5-13-7/h4-6,8-9H,2-3H2,1H3,(H,12,13)(H,14,15)(H,16,17)/t6?,8?,9-/m1/s1. The molecule has 2 unspecified atom stereocenters. The van der Waals surface area contributed by atoms with Crippen LogP contribution in [0.5, 0.6) is 0 Å². The van der Waals surface area contributed by atoms with Crippen molar-refractivity contribution in [2.45, 2.75) is 25.8 Å². The van der Waals surface area contributed by atoms with Crippen LogP contribution in [0, 0.1) is 11.8 Å². The fraction of sp³-hybridized carbons (Fsp3) is 0.545. The van der Waals surface area contributed by atoms with Gasteiger partial charge in [-0.1, -0.05) is 6.92 Å². The Balaban J connectivity index is 1.93. The molecule has 17 heavy (non-hydrogen) atoms. The number of nitrogens with one attached hydrogen (secondary N) is 2. The van der Waals surface area contributed by atoms with E-state index in [1.165, 1.54) is 6.33 Å². The highest BCUT2D eigenvalue weighted by Gasteiger charge is 2.40. The smallest absolute Gasteiger partial charge is 0.326 e. The molecule has 3 atom stereocenters. The van der Waals surface area contributed by atoms with Gasteiger partial charge in [0.25, 0.3) is 0 Å². The van der Waals surface area contributed by atoms with Gasteiger partial charge >= 0.3 is 5.97 Å². The summed E-state index contributed by atoms with van der Waals surface area (Å²) in [5.41, 5.74) is 0.696. The third-order valence-electron chi connectivity index (χ3n) is 3.04. The lowest BCUT2D eigenvalue weighted by atomic mass is 10.1. The molecule has 2 rings (SSSR count). The maximum Gasteiger partial charge on any atom is 0.326 e. The average Bonchev–Trinajstić information content (AvgIpc) is 2.78. The number of carboxylic acid groups (broad SMARTS) is 1. The van der Waals surface area contributed by atoms with Gasteiger partial charge in [0.1, 0.15) is 6.04 Å². The predicted molar refractivity (Wildman–Crippen MR) is 59.1 cm³/mol. The molecule has 0 radical (unpaired) electrons. The van der Waals surface area contributed by atoms with Crippen LogP contribution < -0.4 is 5.32 Å². The normalized spacial score (nSPS) is 24.1. The van der Waals surface area contributed by atoms with Crippen molar-refractivity contribution < 1.29 is 14.7 Å². The van der Waals surface area contributed by atoms with Crippen LogP contribution in [0.1, 0.15) is 19.0 Å². The van der Waals surface area contributed by atoms with Crippen LogP contribution in [-0.2, 0) is 16.0 Å². The molecule has 0 saturated heterocycles. The Morgan fingerprint density at radius 1 is 1.71 bits per heavy atom. The second-order valence-corrected chi connectivity index (χ2v) is 4.50. The molecule has 1 aromatic heterocycles. The Kier molecular flexibility index (Phi) is 3.12. The van der Waals surface area contributed by atoms with E-state index < -0.39 is 12.0 Å². The number of amides is 1. The van der Waals surface area contributed by atoms with Gasteiger partial charge in [-0.05, 0) is 12.3 Å². The molecule has 0 aliphatic heterocycles. The van der Waals surface area contributed by atoms with Crippen LogP contribution in [0.4, 0.5) is 0 Å². The summed E-state index contributed by atoms with van der Waals surface area (Å²) < 4.78 is 0.